The van der Waals surface area contributed by atoms with E-state index in [1.54, 1.807) is 18.4 Å². The van der Waals surface area contributed by atoms with Crippen LogP contribution in [-0.2, 0) is 6.54 Å². The molecule has 0 bridgehead atoms. The number of hydrogen-bond donors (Lipinski definition) is 2. The minimum absolute atomic E-state index is 0.109. The molecular formula is C12H23N3O2S. The van der Waals surface area contributed by atoms with Gasteiger partial charge in [0, 0.05) is 39.2 Å². The van der Waals surface area contributed by atoms with Crippen molar-refractivity contribution in [1.82, 2.24) is 10.3 Å². The fraction of sp³-hybridized carbons (Fsp3) is 0.750. The summed E-state index contributed by atoms with van der Waals surface area (Å²) in [6.07, 6.45) is 0. The third-order valence-electron chi connectivity index (χ3n) is 2.54. The number of anilines is 1. The van der Waals surface area contributed by atoms with E-state index < -0.39 is 0 Å². The van der Waals surface area contributed by atoms with Crippen LogP contribution in [0.2, 0.25) is 0 Å². The molecule has 1 aromatic rings. The maximum Gasteiger partial charge on any atom is 0.230 e. The van der Waals surface area contributed by atoms with Crippen LogP contribution in [0.3, 0.4) is 0 Å². The van der Waals surface area contributed by atoms with Crippen LogP contribution in [0.1, 0.15) is 18.7 Å². The number of aliphatic hydroxyl groups excluding tert-OH is 1. The van der Waals surface area contributed by atoms with Crippen molar-refractivity contribution in [3.63, 3.8) is 0 Å². The van der Waals surface area contributed by atoms with Gasteiger partial charge in [-0.25, -0.2) is 0 Å². The van der Waals surface area contributed by atoms with Crippen molar-refractivity contribution in [2.45, 2.75) is 20.4 Å². The van der Waals surface area contributed by atoms with Gasteiger partial charge < -0.3 is 20.1 Å². The van der Waals surface area contributed by atoms with Crippen molar-refractivity contribution in [3.8, 4) is 5.88 Å². The maximum atomic E-state index is 9.19. The lowest BCUT2D eigenvalue weighted by atomic mass is 9.95. The quantitative estimate of drug-likeness (QED) is 0.785. The van der Waals surface area contributed by atoms with E-state index in [0.29, 0.717) is 12.4 Å². The molecule has 5 nitrogen and oxygen atoms in total. The van der Waals surface area contributed by atoms with Crippen molar-refractivity contribution in [2.75, 3.05) is 39.3 Å². The molecule has 0 unspecified atom stereocenters. The van der Waals surface area contributed by atoms with Crippen LogP contribution in [0, 0.1) is 5.41 Å². The van der Waals surface area contributed by atoms with E-state index in [4.69, 9.17) is 4.74 Å². The van der Waals surface area contributed by atoms with Gasteiger partial charge in [-0.2, -0.15) is 4.98 Å². The van der Waals surface area contributed by atoms with Gasteiger partial charge in [-0.3, -0.25) is 0 Å². The predicted molar refractivity (Wildman–Crippen MR) is 75.6 cm³/mol. The van der Waals surface area contributed by atoms with Gasteiger partial charge >= 0.3 is 0 Å². The third-order valence-corrected chi connectivity index (χ3v) is 3.75. The van der Waals surface area contributed by atoms with E-state index in [0.717, 1.165) is 16.6 Å². The molecule has 0 aliphatic rings. The van der Waals surface area contributed by atoms with E-state index in [-0.39, 0.29) is 12.0 Å². The zero-order valence-electron chi connectivity index (χ0n) is 11.8. The number of nitrogens with zero attached hydrogens (tertiary/aromatic N) is 2. The van der Waals surface area contributed by atoms with Crippen LogP contribution in [0.25, 0.3) is 0 Å². The standard InChI is InChI=1S/C12H23N3O2S/c1-12(2,8-16)7-13-6-9-10(17-5)14-11(18-9)15(3)4/h13,16H,6-8H2,1-5H3. The highest BCUT2D eigenvalue weighted by Crippen LogP contribution is 2.30. The van der Waals surface area contributed by atoms with Crippen molar-refractivity contribution < 1.29 is 9.84 Å². The molecule has 0 fully saturated rings. The Labute approximate surface area is 113 Å². The Kier molecular flexibility index (Phi) is 5.37. The first kappa shape index (κ1) is 15.2. The van der Waals surface area contributed by atoms with Crippen LogP contribution in [0.4, 0.5) is 5.13 Å². The lowest BCUT2D eigenvalue weighted by Crippen LogP contribution is -2.31. The molecule has 0 saturated carbocycles. The number of rotatable bonds is 7. The largest absolute Gasteiger partial charge is 0.480 e. The topological polar surface area (TPSA) is 57.6 Å². The Morgan fingerprint density at radius 3 is 2.61 bits per heavy atom. The summed E-state index contributed by atoms with van der Waals surface area (Å²) in [5.74, 6) is 0.679. The van der Waals surface area contributed by atoms with Gasteiger partial charge in [0.15, 0.2) is 5.13 Å². The van der Waals surface area contributed by atoms with Crippen molar-refractivity contribution in [2.24, 2.45) is 5.41 Å². The minimum Gasteiger partial charge on any atom is -0.480 e. The maximum absolute atomic E-state index is 9.19. The highest BCUT2D eigenvalue weighted by atomic mass is 32.1. The first-order valence-corrected chi connectivity index (χ1v) is 6.74. The Hall–Kier alpha value is -0.850. The summed E-state index contributed by atoms with van der Waals surface area (Å²) in [5.41, 5.74) is -0.109. The second-order valence-corrected chi connectivity index (χ2v) is 6.31. The monoisotopic (exact) mass is 273 g/mol. The van der Waals surface area contributed by atoms with Crippen molar-refractivity contribution >= 4 is 16.5 Å². The molecule has 18 heavy (non-hydrogen) atoms. The molecule has 0 amide bonds. The number of hydrogen-bond acceptors (Lipinski definition) is 6. The highest BCUT2D eigenvalue weighted by molar-refractivity contribution is 7.15. The van der Waals surface area contributed by atoms with E-state index >= 15 is 0 Å². The molecule has 0 saturated heterocycles. The second kappa shape index (κ2) is 6.36. The van der Waals surface area contributed by atoms with Crippen LogP contribution in [-0.4, -0.2) is 44.4 Å². The summed E-state index contributed by atoms with van der Waals surface area (Å²) in [5, 5.41) is 13.5. The third kappa shape index (κ3) is 4.12. The van der Waals surface area contributed by atoms with Gasteiger partial charge in [-0.15, -0.1) is 0 Å². The second-order valence-electron chi connectivity index (χ2n) is 5.25. The molecule has 0 spiro atoms. The lowest BCUT2D eigenvalue weighted by Gasteiger charge is -2.21. The predicted octanol–water partition coefficient (Wildman–Crippen LogP) is 1.33. The molecule has 1 rings (SSSR count). The zero-order chi connectivity index (χ0) is 13.8. The molecule has 0 atom stereocenters. The molecule has 0 aromatic carbocycles. The fourth-order valence-electron chi connectivity index (χ4n) is 1.36. The molecule has 2 N–H and O–H groups in total. The number of ether oxygens (including phenoxy) is 1. The zero-order valence-corrected chi connectivity index (χ0v) is 12.6. The average Bonchev–Trinajstić information content (AvgIpc) is 2.72. The van der Waals surface area contributed by atoms with Crippen LogP contribution < -0.4 is 15.0 Å². The van der Waals surface area contributed by atoms with Crippen LogP contribution in [0.15, 0.2) is 0 Å². The Balaban J connectivity index is 2.61. The Morgan fingerprint density at radius 2 is 2.11 bits per heavy atom. The van der Waals surface area contributed by atoms with Crippen LogP contribution in [0.5, 0.6) is 5.88 Å². The summed E-state index contributed by atoms with van der Waals surface area (Å²) in [4.78, 5) is 7.44. The molecule has 104 valence electrons. The molecular weight excluding hydrogens is 250 g/mol. The van der Waals surface area contributed by atoms with E-state index in [1.807, 2.05) is 32.8 Å². The highest BCUT2D eigenvalue weighted by Gasteiger charge is 2.17. The van der Waals surface area contributed by atoms with Crippen LogP contribution >= 0.6 is 11.3 Å². The minimum atomic E-state index is -0.109. The molecule has 1 heterocycles. The van der Waals surface area contributed by atoms with Gasteiger partial charge in [0.25, 0.3) is 0 Å². The van der Waals surface area contributed by atoms with Crippen molar-refractivity contribution in [1.29, 1.82) is 0 Å². The number of methoxy groups -OCH3 is 1. The summed E-state index contributed by atoms with van der Waals surface area (Å²) in [7, 11) is 5.56. The number of nitrogens with one attached hydrogen (secondary N) is 1. The summed E-state index contributed by atoms with van der Waals surface area (Å²) in [6, 6.07) is 0. The number of thiazole rings is 1. The van der Waals surface area contributed by atoms with Gasteiger partial charge in [-0.1, -0.05) is 25.2 Å². The number of aromatic nitrogens is 1. The first-order valence-electron chi connectivity index (χ1n) is 5.92. The van der Waals surface area contributed by atoms with Crippen molar-refractivity contribution in [3.05, 3.63) is 4.88 Å². The summed E-state index contributed by atoms with van der Waals surface area (Å²) >= 11 is 1.62. The summed E-state index contributed by atoms with van der Waals surface area (Å²) in [6.45, 7) is 5.67. The molecule has 6 heteroatoms. The first-order chi connectivity index (χ1) is 8.39. The van der Waals surface area contributed by atoms with E-state index in [1.165, 1.54) is 0 Å². The normalized spacial score (nSPS) is 11.7. The van der Waals surface area contributed by atoms with E-state index in [9.17, 15) is 5.11 Å². The smallest absolute Gasteiger partial charge is 0.230 e. The molecule has 0 aliphatic heterocycles. The Bertz CT molecular complexity index is 377. The van der Waals surface area contributed by atoms with Gasteiger partial charge in [0.2, 0.25) is 5.88 Å². The molecule has 0 radical (unpaired) electrons. The Morgan fingerprint density at radius 1 is 1.44 bits per heavy atom. The van der Waals surface area contributed by atoms with Gasteiger partial charge in [-0.05, 0) is 0 Å². The SMILES string of the molecule is COc1nc(N(C)C)sc1CNCC(C)(C)CO. The fourth-order valence-corrected chi connectivity index (χ4v) is 2.28. The summed E-state index contributed by atoms with van der Waals surface area (Å²) < 4.78 is 5.27. The average molecular weight is 273 g/mol. The van der Waals surface area contributed by atoms with Gasteiger partial charge in [0.05, 0.1) is 12.0 Å². The number of aliphatic hydroxyl groups is 1. The molecule has 0 aliphatic carbocycles. The molecule has 1 aromatic heterocycles. The van der Waals surface area contributed by atoms with Gasteiger partial charge in [0.1, 0.15) is 0 Å². The van der Waals surface area contributed by atoms with E-state index in [2.05, 4.69) is 10.3 Å². The lowest BCUT2D eigenvalue weighted by molar-refractivity contribution is 0.156.